The highest BCUT2D eigenvalue weighted by Crippen LogP contribution is 2.23. The van der Waals surface area contributed by atoms with Gasteiger partial charge in [-0.05, 0) is 6.42 Å². The molecule has 0 bridgehead atoms. The van der Waals surface area contributed by atoms with Crippen LogP contribution in [-0.2, 0) is 4.79 Å². The summed E-state index contributed by atoms with van der Waals surface area (Å²) in [6, 6.07) is 7.33. The minimum absolute atomic E-state index is 0.403. The number of allylic oxidation sites excluding steroid dienone is 1. The van der Waals surface area contributed by atoms with Gasteiger partial charge in [0.25, 0.3) is 0 Å². The third-order valence-electron chi connectivity index (χ3n) is 4.81. The van der Waals surface area contributed by atoms with Gasteiger partial charge in [-0.2, -0.15) is 0 Å². The lowest BCUT2D eigenvalue weighted by Gasteiger charge is -2.17. The second kappa shape index (κ2) is 10.9. The summed E-state index contributed by atoms with van der Waals surface area (Å²) in [5.74, 6) is -0.829. The number of Topliss-reactive ketones (excluding diaryl/α,β-unsaturated/α-hetero) is 1. The Morgan fingerprint density at radius 1 is 0.760 bits per heavy atom. The Morgan fingerprint density at radius 3 is 1.96 bits per heavy atom. The summed E-state index contributed by atoms with van der Waals surface area (Å²) < 4.78 is 0. The summed E-state index contributed by atoms with van der Waals surface area (Å²) in [5.41, 5.74) is 2.15. The molecule has 2 rings (SSSR count). The molecular weight excluding hydrogens is 310 g/mol. The molecule has 1 aliphatic rings. The molecule has 1 aromatic rings. The molecule has 0 aliphatic heterocycles. The molecule has 1 aromatic carbocycles. The smallest absolute Gasteiger partial charge is 0.233 e. The molecule has 0 amide bonds. The molecule has 0 spiro atoms. The summed E-state index contributed by atoms with van der Waals surface area (Å²) in [5, 5.41) is 3.34. The lowest BCUT2D eigenvalue weighted by atomic mass is 9.93. The Hall–Kier alpha value is -1.90. The Morgan fingerprint density at radius 2 is 1.32 bits per heavy atom. The first-order chi connectivity index (χ1) is 12.2. The minimum Gasteiger partial charge on any atom is -0.384 e. The number of carbonyl (C=O) groups is 2. The van der Waals surface area contributed by atoms with Crippen molar-refractivity contribution >= 4 is 17.3 Å². The van der Waals surface area contributed by atoms with Crippen molar-refractivity contribution in [3.63, 3.8) is 0 Å². The highest BCUT2D eigenvalue weighted by molar-refractivity contribution is 6.50. The predicted molar refractivity (Wildman–Crippen MR) is 104 cm³/mol. The molecule has 3 nitrogen and oxygen atoms in total. The molecule has 1 N–H and O–H groups in total. The van der Waals surface area contributed by atoms with Crippen molar-refractivity contribution in [2.75, 3.05) is 6.54 Å². The molecule has 25 heavy (non-hydrogen) atoms. The third kappa shape index (κ3) is 6.15. The zero-order valence-electron chi connectivity index (χ0n) is 15.5. The largest absolute Gasteiger partial charge is 0.384 e. The first-order valence-electron chi connectivity index (χ1n) is 9.87. The van der Waals surface area contributed by atoms with Gasteiger partial charge in [0.2, 0.25) is 11.6 Å². The van der Waals surface area contributed by atoms with E-state index in [9.17, 15) is 9.59 Å². The summed E-state index contributed by atoms with van der Waals surface area (Å²) in [7, 11) is 0. The maximum Gasteiger partial charge on any atom is 0.233 e. The van der Waals surface area contributed by atoms with E-state index in [2.05, 4.69) is 12.2 Å². The summed E-state index contributed by atoms with van der Waals surface area (Å²) >= 11 is 0. The fraction of sp³-hybridized carbons (Fsp3) is 0.545. The van der Waals surface area contributed by atoms with Gasteiger partial charge in [-0.1, -0.05) is 89.0 Å². The molecule has 0 unspecified atom stereocenters. The van der Waals surface area contributed by atoms with Crippen LogP contribution in [0.25, 0.3) is 5.70 Å². The van der Waals surface area contributed by atoms with E-state index in [0.717, 1.165) is 24.2 Å². The van der Waals surface area contributed by atoms with Gasteiger partial charge >= 0.3 is 0 Å². The van der Waals surface area contributed by atoms with Crippen molar-refractivity contribution in [3.8, 4) is 0 Å². The number of fused-ring (bicyclic) bond motifs is 1. The number of nitrogens with one attached hydrogen (secondary N) is 1. The van der Waals surface area contributed by atoms with Crippen LogP contribution < -0.4 is 5.32 Å². The number of ketones is 2. The van der Waals surface area contributed by atoms with Gasteiger partial charge in [0.15, 0.2) is 0 Å². The van der Waals surface area contributed by atoms with Crippen molar-refractivity contribution in [1.82, 2.24) is 5.32 Å². The van der Waals surface area contributed by atoms with E-state index in [4.69, 9.17) is 0 Å². The monoisotopic (exact) mass is 341 g/mol. The Kier molecular flexibility index (Phi) is 8.44. The van der Waals surface area contributed by atoms with Crippen LogP contribution in [0.15, 0.2) is 30.3 Å². The molecule has 0 saturated heterocycles. The van der Waals surface area contributed by atoms with Gasteiger partial charge in [0, 0.05) is 29.4 Å². The van der Waals surface area contributed by atoms with Crippen molar-refractivity contribution < 1.29 is 9.59 Å². The van der Waals surface area contributed by atoms with Crippen molar-refractivity contribution in [2.24, 2.45) is 0 Å². The zero-order chi connectivity index (χ0) is 17.9. The molecule has 0 fully saturated rings. The van der Waals surface area contributed by atoms with Gasteiger partial charge in [0.1, 0.15) is 0 Å². The van der Waals surface area contributed by atoms with E-state index in [1.165, 1.54) is 63.9 Å². The Balaban J connectivity index is 1.62. The van der Waals surface area contributed by atoms with Crippen LogP contribution in [-0.4, -0.2) is 18.1 Å². The maximum absolute atomic E-state index is 11.9. The molecule has 0 atom stereocenters. The van der Waals surface area contributed by atoms with Crippen LogP contribution in [0.4, 0.5) is 0 Å². The van der Waals surface area contributed by atoms with E-state index < -0.39 is 11.6 Å². The van der Waals surface area contributed by atoms with Crippen LogP contribution in [0, 0.1) is 0 Å². The van der Waals surface area contributed by atoms with Crippen molar-refractivity contribution in [1.29, 1.82) is 0 Å². The highest BCUT2D eigenvalue weighted by Gasteiger charge is 2.24. The van der Waals surface area contributed by atoms with E-state index in [-0.39, 0.29) is 0 Å². The van der Waals surface area contributed by atoms with E-state index in [0.29, 0.717) is 5.56 Å². The summed E-state index contributed by atoms with van der Waals surface area (Å²) in [6.45, 7) is 3.10. The predicted octanol–water partition coefficient (Wildman–Crippen LogP) is 5.30. The number of rotatable bonds is 12. The highest BCUT2D eigenvalue weighted by atomic mass is 16.2. The number of unbranched alkanes of at least 4 members (excludes halogenated alkanes) is 9. The number of carbonyl (C=O) groups excluding carboxylic acids is 2. The van der Waals surface area contributed by atoms with Crippen LogP contribution in [0.1, 0.15) is 87.1 Å². The Labute approximate surface area is 151 Å². The normalized spacial score (nSPS) is 13.6. The van der Waals surface area contributed by atoms with E-state index in [1.54, 1.807) is 12.1 Å². The molecular formula is C22H31NO2. The van der Waals surface area contributed by atoms with E-state index >= 15 is 0 Å². The number of benzene rings is 1. The van der Waals surface area contributed by atoms with Gasteiger partial charge in [0.05, 0.1) is 0 Å². The zero-order valence-corrected chi connectivity index (χ0v) is 15.5. The van der Waals surface area contributed by atoms with Crippen LogP contribution in [0.2, 0.25) is 0 Å². The fourth-order valence-corrected chi connectivity index (χ4v) is 3.30. The molecule has 0 aromatic heterocycles. The quantitative estimate of drug-likeness (QED) is 0.414. The SMILES string of the molecule is CCCCCCCCCCCCNC1=CC(=O)C(=O)c2ccccc21. The van der Waals surface area contributed by atoms with Crippen molar-refractivity contribution in [2.45, 2.75) is 71.1 Å². The summed E-state index contributed by atoms with van der Waals surface area (Å²) in [6.07, 6.45) is 14.5. The van der Waals surface area contributed by atoms with Crippen molar-refractivity contribution in [3.05, 3.63) is 41.5 Å². The van der Waals surface area contributed by atoms with Crippen LogP contribution >= 0.6 is 0 Å². The van der Waals surface area contributed by atoms with Gasteiger partial charge < -0.3 is 5.32 Å². The Bertz CT molecular complexity index is 604. The topological polar surface area (TPSA) is 46.2 Å². The van der Waals surface area contributed by atoms with E-state index in [1.807, 2.05) is 12.1 Å². The number of hydrogen-bond donors (Lipinski definition) is 1. The first-order valence-corrected chi connectivity index (χ1v) is 9.87. The molecule has 0 radical (unpaired) electrons. The van der Waals surface area contributed by atoms with Gasteiger partial charge in [-0.15, -0.1) is 0 Å². The number of hydrogen-bond acceptors (Lipinski definition) is 3. The average Bonchev–Trinajstić information content (AvgIpc) is 2.63. The van der Waals surface area contributed by atoms with Crippen LogP contribution in [0.3, 0.4) is 0 Å². The molecule has 3 heteroatoms. The molecule has 136 valence electrons. The first kappa shape index (κ1) is 19.4. The molecule has 0 heterocycles. The van der Waals surface area contributed by atoms with Gasteiger partial charge in [-0.25, -0.2) is 0 Å². The van der Waals surface area contributed by atoms with Gasteiger partial charge in [-0.3, -0.25) is 9.59 Å². The summed E-state index contributed by atoms with van der Waals surface area (Å²) in [4.78, 5) is 23.7. The maximum atomic E-state index is 11.9. The fourth-order valence-electron chi connectivity index (χ4n) is 3.30. The molecule has 1 aliphatic carbocycles. The van der Waals surface area contributed by atoms with Crippen LogP contribution in [0.5, 0.6) is 0 Å². The lowest BCUT2D eigenvalue weighted by molar-refractivity contribution is -0.111. The molecule has 0 saturated carbocycles. The second-order valence-electron chi connectivity index (χ2n) is 6.91. The second-order valence-corrected chi connectivity index (χ2v) is 6.91. The third-order valence-corrected chi connectivity index (χ3v) is 4.81. The standard InChI is InChI=1S/C22H31NO2/c1-2-3-4-5-6-7-8-9-10-13-16-23-20-17-21(24)22(25)19-15-12-11-14-18(19)20/h11-12,14-15,17,23H,2-10,13,16H2,1H3. The lowest BCUT2D eigenvalue weighted by Crippen LogP contribution is -2.24. The average molecular weight is 341 g/mol. The minimum atomic E-state index is -0.427.